The Morgan fingerprint density at radius 2 is 1.68 bits per heavy atom. The van der Waals surface area contributed by atoms with Gasteiger partial charge in [0.25, 0.3) is 11.8 Å². The minimum Gasteiger partial charge on any atom is -0.335 e. The summed E-state index contributed by atoms with van der Waals surface area (Å²) in [6.45, 7) is 3.84. The average molecular weight is 381 g/mol. The van der Waals surface area contributed by atoms with Crippen LogP contribution in [0.3, 0.4) is 0 Å². The molecule has 0 radical (unpaired) electrons. The molecular weight excluding hydrogens is 363 g/mol. The second-order valence-corrected chi connectivity index (χ2v) is 6.67. The molecule has 0 unspecified atom stereocenters. The summed E-state index contributed by atoms with van der Waals surface area (Å²) in [5.74, 6) is -0.200. The molecular formula is C17H18Cl2N4O2. The van der Waals surface area contributed by atoms with E-state index in [-0.39, 0.29) is 11.8 Å². The molecule has 25 heavy (non-hydrogen) atoms. The van der Waals surface area contributed by atoms with E-state index in [2.05, 4.69) is 10.2 Å². The quantitative estimate of drug-likeness (QED) is 0.889. The van der Waals surface area contributed by atoms with Gasteiger partial charge in [-0.25, -0.2) is 0 Å². The van der Waals surface area contributed by atoms with Crippen molar-refractivity contribution in [3.05, 3.63) is 51.3 Å². The lowest BCUT2D eigenvalue weighted by Crippen LogP contribution is -2.50. The molecule has 1 fully saturated rings. The van der Waals surface area contributed by atoms with E-state index in [4.69, 9.17) is 23.2 Å². The summed E-state index contributed by atoms with van der Waals surface area (Å²) < 4.78 is 0. The van der Waals surface area contributed by atoms with Gasteiger partial charge in [0, 0.05) is 36.9 Å². The minimum absolute atomic E-state index is 0.0535. The lowest BCUT2D eigenvalue weighted by molar-refractivity contribution is 0.0535. The van der Waals surface area contributed by atoms with Gasteiger partial charge in [0.2, 0.25) is 0 Å². The molecule has 1 aliphatic rings. The number of aryl methyl sites for hydroxylation is 1. The summed E-state index contributed by atoms with van der Waals surface area (Å²) in [6, 6.07) is 4.83. The molecule has 132 valence electrons. The first-order valence-electron chi connectivity index (χ1n) is 8.07. The molecule has 0 spiro atoms. The number of hydrogen-bond donors (Lipinski definition) is 1. The van der Waals surface area contributed by atoms with Crippen molar-refractivity contribution in [3.8, 4) is 0 Å². The Hall–Kier alpha value is -2.05. The highest BCUT2D eigenvalue weighted by molar-refractivity contribution is 6.36. The van der Waals surface area contributed by atoms with E-state index in [1.807, 2.05) is 6.92 Å². The van der Waals surface area contributed by atoms with Crippen LogP contribution in [0.15, 0.2) is 24.4 Å². The third-order valence-electron chi connectivity index (χ3n) is 4.32. The number of benzene rings is 1. The Bertz CT molecular complexity index is 798. The second-order valence-electron chi connectivity index (χ2n) is 5.82. The van der Waals surface area contributed by atoms with Crippen LogP contribution >= 0.6 is 23.2 Å². The van der Waals surface area contributed by atoms with Crippen molar-refractivity contribution >= 4 is 35.0 Å². The fourth-order valence-electron chi connectivity index (χ4n) is 2.88. The summed E-state index contributed by atoms with van der Waals surface area (Å²) in [5.41, 5.74) is 1.86. The van der Waals surface area contributed by atoms with Gasteiger partial charge in [0.05, 0.1) is 22.3 Å². The number of rotatable bonds is 3. The van der Waals surface area contributed by atoms with E-state index in [0.29, 0.717) is 53.8 Å². The van der Waals surface area contributed by atoms with Gasteiger partial charge in [0.15, 0.2) is 0 Å². The Morgan fingerprint density at radius 1 is 1.08 bits per heavy atom. The topological polar surface area (TPSA) is 69.3 Å². The number of aromatic amines is 1. The van der Waals surface area contributed by atoms with Gasteiger partial charge in [-0.3, -0.25) is 14.7 Å². The fourth-order valence-corrected chi connectivity index (χ4v) is 3.37. The Kier molecular flexibility index (Phi) is 5.30. The van der Waals surface area contributed by atoms with Gasteiger partial charge in [-0.1, -0.05) is 30.1 Å². The molecule has 2 heterocycles. The van der Waals surface area contributed by atoms with Crippen molar-refractivity contribution in [1.29, 1.82) is 0 Å². The molecule has 8 heteroatoms. The van der Waals surface area contributed by atoms with Crippen molar-refractivity contribution in [3.63, 3.8) is 0 Å². The van der Waals surface area contributed by atoms with Crippen LogP contribution in [0.4, 0.5) is 0 Å². The maximum Gasteiger partial charge on any atom is 0.257 e. The highest BCUT2D eigenvalue weighted by Crippen LogP contribution is 2.23. The van der Waals surface area contributed by atoms with Crippen molar-refractivity contribution in [1.82, 2.24) is 20.0 Å². The van der Waals surface area contributed by atoms with Gasteiger partial charge in [-0.2, -0.15) is 5.10 Å². The van der Waals surface area contributed by atoms with Crippen molar-refractivity contribution in [2.24, 2.45) is 0 Å². The largest absolute Gasteiger partial charge is 0.335 e. The maximum atomic E-state index is 12.6. The molecule has 1 saturated heterocycles. The van der Waals surface area contributed by atoms with Crippen LogP contribution < -0.4 is 0 Å². The van der Waals surface area contributed by atoms with Gasteiger partial charge >= 0.3 is 0 Å². The van der Waals surface area contributed by atoms with Gasteiger partial charge < -0.3 is 9.80 Å². The van der Waals surface area contributed by atoms with Crippen LogP contribution in [-0.4, -0.2) is 58.0 Å². The zero-order chi connectivity index (χ0) is 18.0. The molecule has 0 atom stereocenters. The summed E-state index contributed by atoms with van der Waals surface area (Å²) >= 11 is 12.0. The first-order valence-corrected chi connectivity index (χ1v) is 8.82. The third-order valence-corrected chi connectivity index (χ3v) is 4.87. The molecule has 0 aliphatic carbocycles. The minimum atomic E-state index is -0.147. The summed E-state index contributed by atoms with van der Waals surface area (Å²) in [7, 11) is 0. The smallest absolute Gasteiger partial charge is 0.257 e. The predicted molar refractivity (Wildman–Crippen MR) is 96.2 cm³/mol. The van der Waals surface area contributed by atoms with Crippen LogP contribution in [-0.2, 0) is 6.42 Å². The number of piperazine rings is 1. The molecule has 2 aromatic rings. The molecule has 0 bridgehead atoms. The molecule has 6 nitrogen and oxygen atoms in total. The van der Waals surface area contributed by atoms with Crippen LogP contribution in [0.5, 0.6) is 0 Å². The van der Waals surface area contributed by atoms with Crippen LogP contribution in [0.25, 0.3) is 0 Å². The van der Waals surface area contributed by atoms with E-state index in [1.54, 1.807) is 34.2 Å². The van der Waals surface area contributed by atoms with E-state index >= 15 is 0 Å². The summed E-state index contributed by atoms with van der Waals surface area (Å²) in [4.78, 5) is 28.7. The lowest BCUT2D eigenvalue weighted by Gasteiger charge is -2.35. The molecule has 1 aliphatic heterocycles. The molecule has 2 amide bonds. The van der Waals surface area contributed by atoms with E-state index in [1.165, 1.54) is 0 Å². The normalized spacial score (nSPS) is 14.7. The number of halogens is 2. The van der Waals surface area contributed by atoms with Crippen molar-refractivity contribution in [2.45, 2.75) is 13.3 Å². The molecule has 0 saturated carbocycles. The fraction of sp³-hybridized carbons (Fsp3) is 0.353. The van der Waals surface area contributed by atoms with E-state index < -0.39 is 0 Å². The van der Waals surface area contributed by atoms with Crippen LogP contribution in [0.1, 0.15) is 33.3 Å². The van der Waals surface area contributed by atoms with Gasteiger partial charge in [0.1, 0.15) is 0 Å². The first kappa shape index (κ1) is 17.8. The average Bonchev–Trinajstić information content (AvgIpc) is 3.09. The van der Waals surface area contributed by atoms with E-state index in [0.717, 1.165) is 5.69 Å². The first-order chi connectivity index (χ1) is 12.0. The summed E-state index contributed by atoms with van der Waals surface area (Å²) in [6.07, 6.45) is 2.28. The van der Waals surface area contributed by atoms with Crippen LogP contribution in [0, 0.1) is 0 Å². The van der Waals surface area contributed by atoms with Crippen LogP contribution in [0.2, 0.25) is 10.0 Å². The predicted octanol–water partition coefficient (Wildman–Crippen LogP) is 2.88. The standard InChI is InChI=1S/C17H18Cl2N4O2/c1-2-15-13(10-20-21-15)17(25)23-7-5-22(6-8-23)16(24)12-4-3-11(18)9-14(12)19/h3-4,9-10H,2,5-8H2,1H3,(H,20,21). The Balaban J connectivity index is 1.65. The van der Waals surface area contributed by atoms with Crippen molar-refractivity contribution in [2.75, 3.05) is 26.2 Å². The van der Waals surface area contributed by atoms with Crippen molar-refractivity contribution < 1.29 is 9.59 Å². The zero-order valence-corrected chi connectivity index (χ0v) is 15.3. The summed E-state index contributed by atoms with van der Waals surface area (Å²) in [5, 5.41) is 7.62. The third kappa shape index (κ3) is 3.65. The van der Waals surface area contributed by atoms with Gasteiger partial charge in [-0.05, 0) is 24.6 Å². The van der Waals surface area contributed by atoms with E-state index in [9.17, 15) is 9.59 Å². The second kappa shape index (κ2) is 7.45. The number of hydrogen-bond acceptors (Lipinski definition) is 3. The monoisotopic (exact) mass is 380 g/mol. The van der Waals surface area contributed by atoms with Gasteiger partial charge in [-0.15, -0.1) is 0 Å². The molecule has 3 rings (SSSR count). The number of nitrogens with zero attached hydrogens (tertiary/aromatic N) is 3. The number of nitrogens with one attached hydrogen (secondary N) is 1. The SMILES string of the molecule is CCc1[nH]ncc1C(=O)N1CCN(C(=O)c2ccc(Cl)cc2Cl)CC1. The molecule has 1 N–H and O–H groups in total. The Morgan fingerprint density at radius 3 is 2.24 bits per heavy atom. The number of aromatic nitrogens is 2. The number of H-pyrrole nitrogens is 1. The maximum absolute atomic E-state index is 12.6. The number of carbonyl (C=O) groups excluding carboxylic acids is 2. The highest BCUT2D eigenvalue weighted by atomic mass is 35.5. The zero-order valence-electron chi connectivity index (χ0n) is 13.8. The number of amides is 2. The molecule has 1 aromatic heterocycles. The molecule has 1 aromatic carbocycles. The lowest BCUT2D eigenvalue weighted by atomic mass is 10.1. The highest BCUT2D eigenvalue weighted by Gasteiger charge is 2.27. The number of carbonyl (C=O) groups is 2. The Labute approximate surface area is 155 Å².